The molecule has 0 unspecified atom stereocenters. The Morgan fingerprint density at radius 2 is 2.00 bits per heavy atom. The number of nitrogens with zero attached hydrogens (tertiary/aromatic N) is 2. The molecule has 6 heteroatoms. The van der Waals surface area contributed by atoms with Gasteiger partial charge in [-0.15, -0.1) is 0 Å². The van der Waals surface area contributed by atoms with Gasteiger partial charge < -0.3 is 15.0 Å². The van der Waals surface area contributed by atoms with E-state index >= 15 is 0 Å². The van der Waals surface area contributed by atoms with Gasteiger partial charge in [-0.3, -0.25) is 14.6 Å². The topological polar surface area (TPSA) is 71.5 Å². The van der Waals surface area contributed by atoms with Crippen LogP contribution in [0.15, 0.2) is 54.7 Å². The van der Waals surface area contributed by atoms with Crippen LogP contribution in [0.3, 0.4) is 0 Å². The number of aromatic nitrogens is 1. The molecule has 1 aliphatic heterocycles. The van der Waals surface area contributed by atoms with Crippen LogP contribution in [-0.2, 0) is 11.3 Å². The van der Waals surface area contributed by atoms with Gasteiger partial charge in [-0.1, -0.05) is 12.1 Å². The van der Waals surface area contributed by atoms with E-state index in [1.165, 1.54) is 0 Å². The van der Waals surface area contributed by atoms with Crippen LogP contribution in [0, 0.1) is 0 Å². The highest BCUT2D eigenvalue weighted by molar-refractivity contribution is 6.09. The molecule has 0 saturated carbocycles. The Bertz CT molecular complexity index is 1030. The highest BCUT2D eigenvalue weighted by Gasteiger charge is 2.20. The Kier molecular flexibility index (Phi) is 4.93. The second-order valence-electron chi connectivity index (χ2n) is 6.78. The van der Waals surface area contributed by atoms with Crippen LogP contribution in [0.1, 0.15) is 28.8 Å². The van der Waals surface area contributed by atoms with E-state index in [0.29, 0.717) is 35.5 Å². The summed E-state index contributed by atoms with van der Waals surface area (Å²) in [5.41, 5.74) is 2.96. The number of ether oxygens (including phenoxy) is 1. The van der Waals surface area contributed by atoms with Gasteiger partial charge >= 0.3 is 0 Å². The molecule has 3 aromatic rings. The van der Waals surface area contributed by atoms with E-state index < -0.39 is 0 Å². The fraction of sp³-hybridized carbons (Fsp3) is 0.227. The molecule has 1 N–H and O–H groups in total. The summed E-state index contributed by atoms with van der Waals surface area (Å²) >= 11 is 0. The predicted molar refractivity (Wildman–Crippen MR) is 107 cm³/mol. The number of methoxy groups -OCH3 is 1. The molecule has 0 atom stereocenters. The molecule has 1 aromatic heterocycles. The zero-order valence-corrected chi connectivity index (χ0v) is 15.6. The summed E-state index contributed by atoms with van der Waals surface area (Å²) in [6.45, 7) is 1.40. The summed E-state index contributed by atoms with van der Waals surface area (Å²) < 4.78 is 5.34. The van der Waals surface area contributed by atoms with Crippen LogP contribution in [0.4, 0.5) is 5.69 Å². The quantitative estimate of drug-likeness (QED) is 0.739. The lowest BCUT2D eigenvalue weighted by atomic mass is 10.1. The number of benzene rings is 2. The number of hydrogen-bond donors (Lipinski definition) is 1. The Balaban J connectivity index is 1.51. The van der Waals surface area contributed by atoms with Crippen molar-refractivity contribution in [2.45, 2.75) is 19.4 Å². The normalized spacial score (nSPS) is 13.8. The maximum atomic E-state index is 12.7. The van der Waals surface area contributed by atoms with Crippen molar-refractivity contribution in [1.82, 2.24) is 9.88 Å². The minimum absolute atomic E-state index is 0.195. The second-order valence-corrected chi connectivity index (χ2v) is 6.78. The molecule has 2 amide bonds. The highest BCUT2D eigenvalue weighted by Crippen LogP contribution is 2.30. The lowest BCUT2D eigenvalue weighted by Crippen LogP contribution is -2.23. The fourth-order valence-corrected chi connectivity index (χ4v) is 3.47. The summed E-state index contributed by atoms with van der Waals surface area (Å²) in [6.07, 6.45) is 3.25. The second kappa shape index (κ2) is 7.68. The lowest BCUT2D eigenvalue weighted by molar-refractivity contribution is -0.128. The third kappa shape index (κ3) is 3.53. The molecule has 0 spiro atoms. The van der Waals surface area contributed by atoms with Crippen LogP contribution in [0.25, 0.3) is 10.9 Å². The van der Waals surface area contributed by atoms with Crippen LogP contribution >= 0.6 is 0 Å². The minimum Gasteiger partial charge on any atom is -0.494 e. The molecule has 28 heavy (non-hydrogen) atoms. The lowest BCUT2D eigenvalue weighted by Gasteiger charge is -2.15. The van der Waals surface area contributed by atoms with Crippen molar-refractivity contribution in [3.8, 4) is 5.75 Å². The number of pyridine rings is 1. The number of carbonyl (C=O) groups excluding carboxylic acids is 2. The molecule has 0 radical (unpaired) electrons. The minimum atomic E-state index is -0.195. The summed E-state index contributed by atoms with van der Waals surface area (Å²) in [4.78, 5) is 30.7. The molecule has 1 saturated heterocycles. The first-order valence-corrected chi connectivity index (χ1v) is 9.25. The maximum absolute atomic E-state index is 12.7. The van der Waals surface area contributed by atoms with Gasteiger partial charge in [0.1, 0.15) is 11.3 Å². The largest absolute Gasteiger partial charge is 0.494 e. The molecule has 0 aliphatic carbocycles. The number of carbonyl (C=O) groups is 2. The number of nitrogens with one attached hydrogen (secondary N) is 1. The standard InChI is InChI=1S/C22H21N3O3/c1-28-19-11-10-18(17-4-2-12-23-21(17)19)24-22(27)16-8-6-15(7-9-16)14-25-13-3-5-20(25)26/h2,4,6-12H,3,5,13-14H2,1H3,(H,24,27). The van der Waals surface area contributed by atoms with Crippen LogP contribution in [0.2, 0.25) is 0 Å². The molecule has 6 nitrogen and oxygen atoms in total. The molecule has 2 aromatic carbocycles. The van der Waals surface area contributed by atoms with E-state index in [1.54, 1.807) is 31.5 Å². The van der Waals surface area contributed by atoms with Crippen molar-refractivity contribution in [3.63, 3.8) is 0 Å². The zero-order valence-electron chi connectivity index (χ0n) is 15.6. The number of amides is 2. The molecule has 1 fully saturated rings. The van der Waals surface area contributed by atoms with Crippen molar-refractivity contribution in [3.05, 3.63) is 65.9 Å². The Morgan fingerprint density at radius 3 is 2.71 bits per heavy atom. The first-order valence-electron chi connectivity index (χ1n) is 9.25. The first kappa shape index (κ1) is 18.0. The van der Waals surface area contributed by atoms with E-state index in [1.807, 2.05) is 35.2 Å². The summed E-state index contributed by atoms with van der Waals surface area (Å²) in [6, 6.07) is 14.7. The van der Waals surface area contributed by atoms with Crippen LogP contribution in [-0.4, -0.2) is 35.4 Å². The van der Waals surface area contributed by atoms with Gasteiger partial charge in [0.05, 0.1) is 12.8 Å². The average Bonchev–Trinajstić information content (AvgIpc) is 3.13. The Morgan fingerprint density at radius 1 is 1.18 bits per heavy atom. The van der Waals surface area contributed by atoms with E-state index in [0.717, 1.165) is 23.9 Å². The van der Waals surface area contributed by atoms with Crippen molar-refractivity contribution in [2.24, 2.45) is 0 Å². The number of anilines is 1. The fourth-order valence-electron chi connectivity index (χ4n) is 3.47. The van der Waals surface area contributed by atoms with Gasteiger partial charge in [0.15, 0.2) is 0 Å². The van der Waals surface area contributed by atoms with Gasteiger partial charge in [-0.05, 0) is 48.4 Å². The smallest absolute Gasteiger partial charge is 0.255 e. The molecule has 1 aliphatic rings. The predicted octanol–water partition coefficient (Wildman–Crippen LogP) is 3.62. The average molecular weight is 375 g/mol. The number of rotatable bonds is 5. The van der Waals surface area contributed by atoms with E-state index in [4.69, 9.17) is 4.74 Å². The Labute approximate surface area is 163 Å². The van der Waals surface area contributed by atoms with Gasteiger partial charge in [-0.2, -0.15) is 0 Å². The van der Waals surface area contributed by atoms with Gasteiger partial charge in [0, 0.05) is 36.7 Å². The van der Waals surface area contributed by atoms with Crippen molar-refractivity contribution >= 4 is 28.4 Å². The maximum Gasteiger partial charge on any atom is 0.255 e. The third-order valence-electron chi connectivity index (χ3n) is 4.96. The highest BCUT2D eigenvalue weighted by atomic mass is 16.5. The Hall–Kier alpha value is -3.41. The number of hydrogen-bond acceptors (Lipinski definition) is 4. The summed E-state index contributed by atoms with van der Waals surface area (Å²) in [7, 11) is 1.60. The SMILES string of the molecule is COc1ccc(NC(=O)c2ccc(CN3CCCC3=O)cc2)c2cccnc12. The zero-order chi connectivity index (χ0) is 19.5. The first-order chi connectivity index (χ1) is 13.7. The monoisotopic (exact) mass is 375 g/mol. The molecule has 142 valence electrons. The van der Waals surface area contributed by atoms with Crippen molar-refractivity contribution in [2.75, 3.05) is 19.0 Å². The summed E-state index contributed by atoms with van der Waals surface area (Å²) in [5, 5.41) is 3.77. The van der Waals surface area contributed by atoms with Crippen molar-refractivity contribution in [1.29, 1.82) is 0 Å². The van der Waals surface area contributed by atoms with Gasteiger partial charge in [0.25, 0.3) is 5.91 Å². The van der Waals surface area contributed by atoms with Crippen LogP contribution in [0.5, 0.6) is 5.75 Å². The van der Waals surface area contributed by atoms with Gasteiger partial charge in [0.2, 0.25) is 5.91 Å². The van der Waals surface area contributed by atoms with E-state index in [2.05, 4.69) is 10.3 Å². The van der Waals surface area contributed by atoms with Gasteiger partial charge in [-0.25, -0.2) is 0 Å². The molecule has 4 rings (SSSR count). The van der Waals surface area contributed by atoms with E-state index in [-0.39, 0.29) is 11.8 Å². The summed E-state index contributed by atoms with van der Waals surface area (Å²) in [5.74, 6) is 0.662. The number of fused-ring (bicyclic) bond motifs is 1. The number of likely N-dealkylation sites (tertiary alicyclic amines) is 1. The molecular weight excluding hydrogens is 354 g/mol. The molecular formula is C22H21N3O3. The third-order valence-corrected chi connectivity index (χ3v) is 4.96. The molecule has 0 bridgehead atoms. The van der Waals surface area contributed by atoms with Crippen LogP contribution < -0.4 is 10.1 Å². The van der Waals surface area contributed by atoms with Crippen molar-refractivity contribution < 1.29 is 14.3 Å². The molecule has 2 heterocycles. The van der Waals surface area contributed by atoms with E-state index in [9.17, 15) is 9.59 Å².